The molecule has 1 aliphatic heterocycles. The zero-order valence-corrected chi connectivity index (χ0v) is 14.2. The number of hydrogen-bond donors (Lipinski definition) is 2. The first kappa shape index (κ1) is 17.6. The van der Waals surface area contributed by atoms with Crippen LogP contribution in [0.2, 0.25) is 0 Å². The molecule has 0 aliphatic carbocycles. The SMILES string of the molecule is COc1ccc(COC(=O)Nc2ccc3c(c2)CCC(C(=O)O)O3)cc1. The Morgan fingerprint density at radius 1 is 1.23 bits per heavy atom. The summed E-state index contributed by atoms with van der Waals surface area (Å²) in [6.45, 7) is 0.143. The summed E-state index contributed by atoms with van der Waals surface area (Å²) >= 11 is 0. The predicted octanol–water partition coefficient (Wildman–Crippen LogP) is 3.22. The zero-order valence-electron chi connectivity index (χ0n) is 14.2. The van der Waals surface area contributed by atoms with Crippen molar-refractivity contribution in [3.63, 3.8) is 0 Å². The monoisotopic (exact) mass is 357 g/mol. The molecule has 7 nitrogen and oxygen atoms in total. The normalized spacial score (nSPS) is 15.3. The molecule has 3 rings (SSSR count). The topological polar surface area (TPSA) is 94.1 Å². The van der Waals surface area contributed by atoms with Crippen LogP contribution in [0, 0.1) is 0 Å². The van der Waals surface area contributed by atoms with Gasteiger partial charge in [0.2, 0.25) is 0 Å². The highest BCUT2D eigenvalue weighted by molar-refractivity contribution is 5.85. The Kier molecular flexibility index (Phi) is 5.26. The van der Waals surface area contributed by atoms with E-state index in [2.05, 4.69) is 5.32 Å². The molecule has 0 saturated carbocycles. The number of rotatable bonds is 5. The smallest absolute Gasteiger partial charge is 0.411 e. The van der Waals surface area contributed by atoms with E-state index in [-0.39, 0.29) is 6.61 Å². The quantitative estimate of drug-likeness (QED) is 0.853. The maximum Gasteiger partial charge on any atom is 0.411 e. The molecule has 2 aromatic rings. The number of amides is 1. The van der Waals surface area contributed by atoms with Crippen LogP contribution in [0.15, 0.2) is 42.5 Å². The standard InChI is InChI=1S/C19H19NO6/c1-24-15-6-2-12(3-7-15)11-25-19(23)20-14-5-9-16-13(10-14)4-8-17(26-16)18(21)22/h2-3,5-7,9-10,17H,4,8,11H2,1H3,(H,20,23)(H,21,22). The van der Waals surface area contributed by atoms with Gasteiger partial charge in [0.1, 0.15) is 18.1 Å². The number of nitrogens with one attached hydrogen (secondary N) is 1. The molecule has 1 heterocycles. The Morgan fingerprint density at radius 2 is 2.00 bits per heavy atom. The van der Waals surface area contributed by atoms with E-state index < -0.39 is 18.2 Å². The van der Waals surface area contributed by atoms with E-state index in [9.17, 15) is 9.59 Å². The fourth-order valence-corrected chi connectivity index (χ4v) is 2.66. The summed E-state index contributed by atoms with van der Waals surface area (Å²) in [6, 6.07) is 12.3. The van der Waals surface area contributed by atoms with Crippen LogP contribution in [0.4, 0.5) is 10.5 Å². The molecule has 1 amide bonds. The van der Waals surface area contributed by atoms with E-state index in [1.165, 1.54) is 0 Å². The van der Waals surface area contributed by atoms with Crippen molar-refractivity contribution in [3.05, 3.63) is 53.6 Å². The van der Waals surface area contributed by atoms with Gasteiger partial charge in [-0.05, 0) is 54.3 Å². The Bertz CT molecular complexity index is 802. The highest BCUT2D eigenvalue weighted by atomic mass is 16.5. The summed E-state index contributed by atoms with van der Waals surface area (Å²) in [7, 11) is 1.59. The van der Waals surface area contributed by atoms with Gasteiger partial charge in [0.25, 0.3) is 0 Å². The molecule has 0 fully saturated rings. The summed E-state index contributed by atoms with van der Waals surface area (Å²) < 4.78 is 15.7. The van der Waals surface area contributed by atoms with Crippen LogP contribution in [-0.4, -0.2) is 30.4 Å². The molecule has 0 bridgehead atoms. The van der Waals surface area contributed by atoms with Crippen LogP contribution in [0.1, 0.15) is 17.5 Å². The lowest BCUT2D eigenvalue weighted by Gasteiger charge is -2.23. The molecular weight excluding hydrogens is 338 g/mol. The second kappa shape index (κ2) is 7.77. The van der Waals surface area contributed by atoms with Crippen molar-refractivity contribution in [2.24, 2.45) is 0 Å². The van der Waals surface area contributed by atoms with Crippen molar-refractivity contribution in [1.29, 1.82) is 0 Å². The number of hydrogen-bond acceptors (Lipinski definition) is 5. The van der Waals surface area contributed by atoms with E-state index in [0.29, 0.717) is 24.3 Å². The predicted molar refractivity (Wildman–Crippen MR) is 93.6 cm³/mol. The number of carbonyl (C=O) groups excluding carboxylic acids is 1. The first-order chi connectivity index (χ1) is 12.5. The molecule has 1 unspecified atom stereocenters. The van der Waals surface area contributed by atoms with Gasteiger partial charge in [-0.2, -0.15) is 0 Å². The second-order valence-electron chi connectivity index (χ2n) is 5.86. The lowest BCUT2D eigenvalue weighted by atomic mass is 10.0. The van der Waals surface area contributed by atoms with E-state index in [4.69, 9.17) is 19.3 Å². The van der Waals surface area contributed by atoms with Crippen molar-refractivity contribution < 1.29 is 28.9 Å². The van der Waals surface area contributed by atoms with E-state index in [1.807, 2.05) is 12.1 Å². The zero-order chi connectivity index (χ0) is 18.5. The maximum atomic E-state index is 12.0. The summed E-state index contributed by atoms with van der Waals surface area (Å²) in [4.78, 5) is 22.9. The number of benzene rings is 2. The molecule has 0 aromatic heterocycles. The molecule has 2 aromatic carbocycles. The molecule has 2 N–H and O–H groups in total. The van der Waals surface area contributed by atoms with Crippen molar-refractivity contribution in [1.82, 2.24) is 0 Å². The number of carbonyl (C=O) groups is 2. The summed E-state index contributed by atoms with van der Waals surface area (Å²) in [6.07, 6.45) is -0.423. The molecule has 136 valence electrons. The largest absolute Gasteiger partial charge is 0.497 e. The minimum atomic E-state index is -0.972. The van der Waals surface area contributed by atoms with Crippen molar-refractivity contribution >= 4 is 17.7 Å². The number of carboxylic acids is 1. The number of aliphatic carboxylic acids is 1. The number of ether oxygens (including phenoxy) is 3. The molecule has 0 radical (unpaired) electrons. The highest BCUT2D eigenvalue weighted by Gasteiger charge is 2.25. The minimum Gasteiger partial charge on any atom is -0.497 e. The summed E-state index contributed by atoms with van der Waals surface area (Å²) in [5.74, 6) is 0.292. The average Bonchev–Trinajstić information content (AvgIpc) is 2.66. The Labute approximate surface area is 150 Å². The lowest BCUT2D eigenvalue weighted by Crippen LogP contribution is -2.30. The van der Waals surface area contributed by atoms with Gasteiger partial charge in [-0.3, -0.25) is 5.32 Å². The Balaban J connectivity index is 1.55. The van der Waals surface area contributed by atoms with Crippen LogP contribution < -0.4 is 14.8 Å². The summed E-state index contributed by atoms with van der Waals surface area (Å²) in [5.41, 5.74) is 2.27. The fraction of sp³-hybridized carbons (Fsp3) is 0.263. The number of anilines is 1. The second-order valence-corrected chi connectivity index (χ2v) is 5.86. The average molecular weight is 357 g/mol. The lowest BCUT2D eigenvalue weighted by molar-refractivity contribution is -0.145. The van der Waals surface area contributed by atoms with Gasteiger partial charge in [-0.15, -0.1) is 0 Å². The van der Waals surface area contributed by atoms with Crippen LogP contribution in [0.25, 0.3) is 0 Å². The third kappa shape index (κ3) is 4.24. The Morgan fingerprint density at radius 3 is 2.69 bits per heavy atom. The van der Waals surface area contributed by atoms with Crippen LogP contribution in [-0.2, 0) is 22.6 Å². The van der Waals surface area contributed by atoms with Gasteiger partial charge < -0.3 is 19.3 Å². The number of aryl methyl sites for hydroxylation is 1. The number of fused-ring (bicyclic) bond motifs is 1. The van der Waals surface area contributed by atoms with Crippen LogP contribution in [0.3, 0.4) is 0 Å². The fourth-order valence-electron chi connectivity index (χ4n) is 2.66. The summed E-state index contributed by atoms with van der Waals surface area (Å²) in [5, 5.41) is 11.7. The van der Waals surface area contributed by atoms with Gasteiger partial charge >= 0.3 is 12.1 Å². The molecule has 0 saturated heterocycles. The third-order valence-electron chi connectivity index (χ3n) is 4.06. The molecule has 7 heteroatoms. The van der Waals surface area contributed by atoms with E-state index in [1.54, 1.807) is 37.4 Å². The van der Waals surface area contributed by atoms with E-state index >= 15 is 0 Å². The first-order valence-electron chi connectivity index (χ1n) is 8.14. The number of carboxylic acid groups (broad SMARTS) is 1. The molecule has 26 heavy (non-hydrogen) atoms. The minimum absolute atomic E-state index is 0.143. The van der Waals surface area contributed by atoms with Crippen LogP contribution >= 0.6 is 0 Å². The molecule has 1 atom stereocenters. The van der Waals surface area contributed by atoms with Crippen molar-refractivity contribution in [3.8, 4) is 11.5 Å². The Hall–Kier alpha value is -3.22. The van der Waals surface area contributed by atoms with Gasteiger partial charge in [0.05, 0.1) is 7.11 Å². The maximum absolute atomic E-state index is 12.0. The molecule has 1 aliphatic rings. The highest BCUT2D eigenvalue weighted by Crippen LogP contribution is 2.30. The molecular formula is C19H19NO6. The van der Waals surface area contributed by atoms with Gasteiger partial charge in [-0.1, -0.05) is 12.1 Å². The number of methoxy groups -OCH3 is 1. The van der Waals surface area contributed by atoms with E-state index in [0.717, 1.165) is 16.9 Å². The van der Waals surface area contributed by atoms with Crippen LogP contribution in [0.5, 0.6) is 11.5 Å². The van der Waals surface area contributed by atoms with Gasteiger partial charge in [0, 0.05) is 5.69 Å². The first-order valence-corrected chi connectivity index (χ1v) is 8.14. The third-order valence-corrected chi connectivity index (χ3v) is 4.06. The van der Waals surface area contributed by atoms with Gasteiger partial charge in [0.15, 0.2) is 6.10 Å². The van der Waals surface area contributed by atoms with Gasteiger partial charge in [-0.25, -0.2) is 9.59 Å². The molecule has 0 spiro atoms. The van der Waals surface area contributed by atoms with Crippen molar-refractivity contribution in [2.75, 3.05) is 12.4 Å². The van der Waals surface area contributed by atoms with Crippen molar-refractivity contribution in [2.45, 2.75) is 25.6 Å².